The van der Waals surface area contributed by atoms with E-state index < -0.39 is 5.60 Å². The Kier molecular flexibility index (Phi) is 4.62. The van der Waals surface area contributed by atoms with Gasteiger partial charge >= 0.3 is 5.97 Å². The summed E-state index contributed by atoms with van der Waals surface area (Å²) in [6.45, 7) is 3.88. The molecule has 1 N–H and O–H groups in total. The summed E-state index contributed by atoms with van der Waals surface area (Å²) in [7, 11) is 1.62. The lowest BCUT2D eigenvalue weighted by molar-refractivity contribution is -0.180. The first-order valence-electron chi connectivity index (χ1n) is 7.13. The third-order valence-electron chi connectivity index (χ3n) is 4.34. The number of nitrogens with one attached hydrogen (secondary N) is 1. The first-order valence-corrected chi connectivity index (χ1v) is 7.13. The van der Waals surface area contributed by atoms with E-state index in [-0.39, 0.29) is 12.1 Å². The second-order valence-electron chi connectivity index (χ2n) is 5.75. The number of esters is 1. The maximum absolute atomic E-state index is 12.4. The maximum Gasteiger partial charge on any atom is 0.338 e. The molecule has 1 saturated carbocycles. The van der Waals surface area contributed by atoms with Gasteiger partial charge in [-0.1, -0.05) is 13.3 Å². The smallest absolute Gasteiger partial charge is 0.338 e. The number of rotatable bonds is 3. The Morgan fingerprint density at radius 2 is 2.00 bits per heavy atom. The zero-order valence-electron chi connectivity index (χ0n) is 11.5. The molecular formula is C14H25NO3. The van der Waals surface area contributed by atoms with E-state index in [2.05, 4.69) is 12.2 Å². The maximum atomic E-state index is 12.4. The van der Waals surface area contributed by atoms with Crippen LogP contribution < -0.4 is 5.32 Å². The molecule has 18 heavy (non-hydrogen) atoms. The van der Waals surface area contributed by atoms with E-state index in [1.54, 1.807) is 7.11 Å². The summed E-state index contributed by atoms with van der Waals surface area (Å²) in [4.78, 5) is 12.4. The molecule has 2 fully saturated rings. The van der Waals surface area contributed by atoms with Gasteiger partial charge in [0.25, 0.3) is 0 Å². The van der Waals surface area contributed by atoms with E-state index >= 15 is 0 Å². The van der Waals surface area contributed by atoms with Crippen LogP contribution in [-0.2, 0) is 14.3 Å². The fourth-order valence-corrected chi connectivity index (χ4v) is 3.07. The second-order valence-corrected chi connectivity index (χ2v) is 5.75. The van der Waals surface area contributed by atoms with Crippen LogP contribution in [0.25, 0.3) is 0 Å². The fourth-order valence-electron chi connectivity index (χ4n) is 3.07. The first kappa shape index (κ1) is 13.8. The minimum atomic E-state index is -0.702. The highest BCUT2D eigenvalue weighted by molar-refractivity contribution is 5.80. The van der Waals surface area contributed by atoms with Crippen LogP contribution in [0.5, 0.6) is 0 Å². The predicted octanol–water partition coefficient (Wildman–Crippen LogP) is 1.88. The molecule has 104 valence electrons. The summed E-state index contributed by atoms with van der Waals surface area (Å²) in [6.07, 6.45) is 5.96. The van der Waals surface area contributed by atoms with Crippen molar-refractivity contribution >= 4 is 5.97 Å². The van der Waals surface area contributed by atoms with Crippen molar-refractivity contribution in [3.8, 4) is 0 Å². The summed E-state index contributed by atoms with van der Waals surface area (Å²) >= 11 is 0. The van der Waals surface area contributed by atoms with Crippen LogP contribution in [0.3, 0.4) is 0 Å². The summed E-state index contributed by atoms with van der Waals surface area (Å²) in [5.41, 5.74) is -0.702. The monoisotopic (exact) mass is 255 g/mol. The van der Waals surface area contributed by atoms with Crippen LogP contribution in [0.4, 0.5) is 0 Å². The summed E-state index contributed by atoms with van der Waals surface area (Å²) in [5.74, 6) is 0.522. The van der Waals surface area contributed by atoms with E-state index in [0.29, 0.717) is 18.8 Å². The van der Waals surface area contributed by atoms with Crippen LogP contribution in [0, 0.1) is 5.92 Å². The second kappa shape index (κ2) is 6.02. The van der Waals surface area contributed by atoms with Crippen molar-refractivity contribution in [1.82, 2.24) is 5.32 Å². The fraction of sp³-hybridized carbons (Fsp3) is 0.929. The van der Waals surface area contributed by atoms with Gasteiger partial charge < -0.3 is 14.8 Å². The Bertz CT molecular complexity index is 287. The van der Waals surface area contributed by atoms with Gasteiger partial charge in [-0.2, -0.15) is 0 Å². The Hall–Kier alpha value is -0.610. The lowest BCUT2D eigenvalue weighted by Crippen LogP contribution is -2.51. The third-order valence-corrected chi connectivity index (χ3v) is 4.34. The predicted molar refractivity (Wildman–Crippen MR) is 69.4 cm³/mol. The molecule has 2 aliphatic rings. The first-order chi connectivity index (χ1) is 8.66. The van der Waals surface area contributed by atoms with Gasteiger partial charge in [-0.05, 0) is 51.1 Å². The van der Waals surface area contributed by atoms with Crippen molar-refractivity contribution < 1.29 is 14.3 Å². The minimum Gasteiger partial charge on any atom is -0.460 e. The van der Waals surface area contributed by atoms with Gasteiger partial charge in [0.1, 0.15) is 6.10 Å². The highest BCUT2D eigenvalue weighted by Crippen LogP contribution is 2.29. The lowest BCUT2D eigenvalue weighted by Gasteiger charge is -2.36. The molecule has 2 unspecified atom stereocenters. The average molecular weight is 255 g/mol. The minimum absolute atomic E-state index is 0.100. The number of hydrogen-bond donors (Lipinski definition) is 1. The number of hydrogen-bond acceptors (Lipinski definition) is 4. The molecule has 2 atom stereocenters. The number of methoxy groups -OCH3 is 1. The molecule has 1 aliphatic heterocycles. The quantitative estimate of drug-likeness (QED) is 0.782. The van der Waals surface area contributed by atoms with Crippen molar-refractivity contribution in [2.45, 2.75) is 57.2 Å². The van der Waals surface area contributed by atoms with Gasteiger partial charge in [0.05, 0.1) is 0 Å². The zero-order chi connectivity index (χ0) is 13.0. The molecule has 1 saturated heterocycles. The van der Waals surface area contributed by atoms with E-state index in [0.717, 1.165) is 25.9 Å². The highest BCUT2D eigenvalue weighted by atomic mass is 16.6. The molecule has 4 nitrogen and oxygen atoms in total. The Balaban J connectivity index is 1.92. The van der Waals surface area contributed by atoms with Gasteiger partial charge in [-0.25, -0.2) is 4.79 Å². The van der Waals surface area contributed by atoms with Crippen LogP contribution in [0.15, 0.2) is 0 Å². The van der Waals surface area contributed by atoms with Crippen molar-refractivity contribution in [3.63, 3.8) is 0 Å². The molecule has 0 aromatic heterocycles. The summed E-state index contributed by atoms with van der Waals surface area (Å²) < 4.78 is 11.2. The van der Waals surface area contributed by atoms with Crippen LogP contribution in [-0.4, -0.2) is 37.9 Å². The van der Waals surface area contributed by atoms with Crippen molar-refractivity contribution in [1.29, 1.82) is 0 Å². The standard InChI is InChI=1S/C14H25NO3/c1-11-4-3-5-12(10-11)18-13(16)14(17-2)6-8-15-9-7-14/h11-12,15H,3-10H2,1-2H3. The van der Waals surface area contributed by atoms with E-state index in [1.807, 2.05) is 0 Å². The SMILES string of the molecule is COC1(C(=O)OC2CCCC(C)C2)CCNCC1. The molecular weight excluding hydrogens is 230 g/mol. The molecule has 1 aliphatic carbocycles. The summed E-state index contributed by atoms with van der Waals surface area (Å²) in [5, 5.41) is 3.25. The van der Waals surface area contributed by atoms with Crippen LogP contribution in [0.1, 0.15) is 45.4 Å². The van der Waals surface area contributed by atoms with Gasteiger partial charge in [-0.3, -0.25) is 0 Å². The van der Waals surface area contributed by atoms with Gasteiger partial charge in [0, 0.05) is 7.11 Å². The van der Waals surface area contributed by atoms with Gasteiger partial charge in [0.15, 0.2) is 5.60 Å². The van der Waals surface area contributed by atoms with E-state index in [1.165, 1.54) is 12.8 Å². The molecule has 1 heterocycles. The largest absolute Gasteiger partial charge is 0.460 e. The van der Waals surface area contributed by atoms with E-state index in [9.17, 15) is 4.79 Å². The molecule has 0 radical (unpaired) electrons. The third kappa shape index (κ3) is 3.04. The molecule has 0 spiro atoms. The normalized spacial score (nSPS) is 31.9. The Morgan fingerprint density at radius 1 is 1.28 bits per heavy atom. The molecule has 0 aromatic carbocycles. The highest BCUT2D eigenvalue weighted by Gasteiger charge is 2.42. The van der Waals surface area contributed by atoms with Crippen molar-refractivity contribution in [2.24, 2.45) is 5.92 Å². The number of carbonyl (C=O) groups is 1. The molecule has 0 amide bonds. The molecule has 4 heteroatoms. The Labute approximate surface area is 109 Å². The van der Waals surface area contributed by atoms with Gasteiger partial charge in [0.2, 0.25) is 0 Å². The Morgan fingerprint density at radius 3 is 2.61 bits per heavy atom. The number of ether oxygens (including phenoxy) is 2. The summed E-state index contributed by atoms with van der Waals surface area (Å²) in [6, 6.07) is 0. The topological polar surface area (TPSA) is 47.6 Å². The zero-order valence-corrected chi connectivity index (χ0v) is 11.5. The lowest BCUT2D eigenvalue weighted by atomic mass is 9.88. The van der Waals surface area contributed by atoms with Crippen molar-refractivity contribution in [3.05, 3.63) is 0 Å². The van der Waals surface area contributed by atoms with Crippen LogP contribution in [0.2, 0.25) is 0 Å². The number of piperidine rings is 1. The van der Waals surface area contributed by atoms with Crippen LogP contribution >= 0.6 is 0 Å². The van der Waals surface area contributed by atoms with Crippen molar-refractivity contribution in [2.75, 3.05) is 20.2 Å². The van der Waals surface area contributed by atoms with E-state index in [4.69, 9.17) is 9.47 Å². The molecule has 0 aromatic rings. The molecule has 0 bridgehead atoms. The molecule has 2 rings (SSSR count). The number of carbonyl (C=O) groups excluding carboxylic acids is 1. The average Bonchev–Trinajstić information content (AvgIpc) is 2.39. The van der Waals surface area contributed by atoms with Gasteiger partial charge in [-0.15, -0.1) is 0 Å².